The molecular formula is C22H23N3O3. The van der Waals surface area contributed by atoms with E-state index in [1.54, 1.807) is 11.8 Å². The van der Waals surface area contributed by atoms with Crippen LogP contribution in [0.3, 0.4) is 0 Å². The molecule has 2 aliphatic heterocycles. The summed E-state index contributed by atoms with van der Waals surface area (Å²) in [5, 5.41) is 2.78. The van der Waals surface area contributed by atoms with E-state index in [0.717, 1.165) is 28.1 Å². The van der Waals surface area contributed by atoms with Crippen LogP contribution in [0.15, 0.2) is 54.6 Å². The summed E-state index contributed by atoms with van der Waals surface area (Å²) in [6, 6.07) is 17.1. The van der Waals surface area contributed by atoms with Gasteiger partial charge in [0.25, 0.3) is 5.91 Å². The Bertz CT molecular complexity index is 928. The van der Waals surface area contributed by atoms with Crippen LogP contribution in [-0.2, 0) is 22.4 Å². The number of imide groups is 1. The number of nitrogens with zero attached hydrogens (tertiary/aromatic N) is 2. The molecule has 0 unspecified atom stereocenters. The Morgan fingerprint density at radius 3 is 2.57 bits per heavy atom. The van der Waals surface area contributed by atoms with Crippen LogP contribution < -0.4 is 10.2 Å². The van der Waals surface area contributed by atoms with Gasteiger partial charge in [-0.25, -0.2) is 4.79 Å². The second-order valence-corrected chi connectivity index (χ2v) is 7.56. The number of hydrogen-bond acceptors (Lipinski definition) is 3. The summed E-state index contributed by atoms with van der Waals surface area (Å²) < 4.78 is 0. The average molecular weight is 377 g/mol. The summed E-state index contributed by atoms with van der Waals surface area (Å²) in [4.78, 5) is 40.9. The average Bonchev–Trinajstić information content (AvgIpc) is 3.22. The van der Waals surface area contributed by atoms with E-state index < -0.39 is 11.6 Å². The van der Waals surface area contributed by atoms with Crippen LogP contribution in [0, 0.1) is 0 Å². The molecule has 0 bridgehead atoms. The number of anilines is 1. The van der Waals surface area contributed by atoms with E-state index in [1.165, 1.54) is 0 Å². The number of carbonyl (C=O) groups is 3. The van der Waals surface area contributed by atoms with Gasteiger partial charge in [0.15, 0.2) is 0 Å². The lowest BCUT2D eigenvalue weighted by Gasteiger charge is -2.23. The van der Waals surface area contributed by atoms with Gasteiger partial charge < -0.3 is 10.2 Å². The van der Waals surface area contributed by atoms with Crippen LogP contribution in [0.1, 0.15) is 24.5 Å². The standard InChI is InChI=1S/C22H23N3O3/c1-22(13-11-16-7-3-2-4-8-16)20(27)25(21(28)23-22)15-19(26)24-14-12-17-9-5-6-10-18(17)24/h2-10H,11-15H2,1H3,(H,23,28)/t22-/m1/s1. The van der Waals surface area contributed by atoms with Crippen molar-refractivity contribution in [2.75, 3.05) is 18.0 Å². The Hall–Kier alpha value is -3.15. The quantitative estimate of drug-likeness (QED) is 0.814. The van der Waals surface area contributed by atoms with Crippen LogP contribution in [0.25, 0.3) is 0 Å². The molecule has 0 spiro atoms. The van der Waals surface area contributed by atoms with Crippen molar-refractivity contribution in [3.05, 3.63) is 65.7 Å². The first-order valence-corrected chi connectivity index (χ1v) is 9.54. The van der Waals surface area contributed by atoms with E-state index in [-0.39, 0.29) is 18.4 Å². The number of carbonyl (C=O) groups excluding carboxylic acids is 3. The number of amides is 4. The van der Waals surface area contributed by atoms with Gasteiger partial charge in [0.1, 0.15) is 12.1 Å². The molecule has 144 valence electrons. The van der Waals surface area contributed by atoms with Crippen LogP contribution in [0.2, 0.25) is 0 Å². The fourth-order valence-electron chi connectivity index (χ4n) is 3.92. The molecule has 1 saturated heterocycles. The van der Waals surface area contributed by atoms with E-state index >= 15 is 0 Å². The fraction of sp³-hybridized carbons (Fsp3) is 0.318. The SMILES string of the molecule is C[C@]1(CCc2ccccc2)NC(=O)N(CC(=O)N2CCc3ccccc32)C1=O. The zero-order valence-corrected chi connectivity index (χ0v) is 15.9. The van der Waals surface area contributed by atoms with Crippen molar-refractivity contribution in [2.24, 2.45) is 0 Å². The van der Waals surface area contributed by atoms with Gasteiger partial charge in [0.2, 0.25) is 5.91 Å². The van der Waals surface area contributed by atoms with Gasteiger partial charge in [0, 0.05) is 12.2 Å². The molecule has 0 aromatic heterocycles. The highest BCUT2D eigenvalue weighted by atomic mass is 16.2. The zero-order valence-electron chi connectivity index (χ0n) is 15.9. The summed E-state index contributed by atoms with van der Waals surface area (Å²) >= 11 is 0. The largest absolute Gasteiger partial charge is 0.325 e. The van der Waals surface area contributed by atoms with Gasteiger partial charge in [-0.1, -0.05) is 48.5 Å². The summed E-state index contributed by atoms with van der Waals surface area (Å²) in [5.41, 5.74) is 2.09. The first-order valence-electron chi connectivity index (χ1n) is 9.54. The third-order valence-corrected chi connectivity index (χ3v) is 5.58. The molecule has 2 aromatic carbocycles. The Labute approximate surface area is 164 Å². The predicted octanol–water partition coefficient (Wildman–Crippen LogP) is 2.52. The Kier molecular flexibility index (Phi) is 4.63. The molecule has 6 heteroatoms. The van der Waals surface area contributed by atoms with Crippen molar-refractivity contribution >= 4 is 23.5 Å². The normalized spacial score (nSPS) is 21.0. The van der Waals surface area contributed by atoms with E-state index in [0.29, 0.717) is 19.4 Å². The molecule has 4 rings (SSSR count). The summed E-state index contributed by atoms with van der Waals surface area (Å²) in [6.45, 7) is 2.07. The lowest BCUT2D eigenvalue weighted by Crippen LogP contribution is -2.46. The van der Waals surface area contributed by atoms with E-state index in [9.17, 15) is 14.4 Å². The van der Waals surface area contributed by atoms with Gasteiger partial charge in [-0.2, -0.15) is 0 Å². The highest BCUT2D eigenvalue weighted by Gasteiger charge is 2.48. The van der Waals surface area contributed by atoms with Gasteiger partial charge in [-0.05, 0) is 43.4 Å². The molecule has 2 aromatic rings. The third kappa shape index (κ3) is 3.26. The van der Waals surface area contributed by atoms with Crippen LogP contribution in [0.5, 0.6) is 0 Å². The van der Waals surface area contributed by atoms with Gasteiger partial charge in [-0.15, -0.1) is 0 Å². The number of urea groups is 1. The Balaban J connectivity index is 1.43. The maximum absolute atomic E-state index is 12.9. The predicted molar refractivity (Wildman–Crippen MR) is 106 cm³/mol. The van der Waals surface area contributed by atoms with Crippen molar-refractivity contribution in [3.8, 4) is 0 Å². The van der Waals surface area contributed by atoms with Gasteiger partial charge >= 0.3 is 6.03 Å². The minimum absolute atomic E-state index is 0.235. The number of hydrogen-bond donors (Lipinski definition) is 1. The van der Waals surface area contributed by atoms with Crippen molar-refractivity contribution in [3.63, 3.8) is 0 Å². The van der Waals surface area contributed by atoms with Crippen LogP contribution in [-0.4, -0.2) is 41.4 Å². The maximum atomic E-state index is 12.9. The molecule has 2 heterocycles. The molecule has 1 N–H and O–H groups in total. The number of fused-ring (bicyclic) bond motifs is 1. The van der Waals surface area contributed by atoms with Crippen molar-refractivity contribution in [1.29, 1.82) is 0 Å². The minimum Gasteiger partial charge on any atom is -0.323 e. The van der Waals surface area contributed by atoms with E-state index in [4.69, 9.17) is 0 Å². The number of nitrogens with one attached hydrogen (secondary N) is 1. The Morgan fingerprint density at radius 1 is 1.07 bits per heavy atom. The molecule has 0 saturated carbocycles. The molecule has 0 aliphatic carbocycles. The summed E-state index contributed by atoms with van der Waals surface area (Å²) in [5.74, 6) is -0.574. The van der Waals surface area contributed by atoms with Crippen LogP contribution >= 0.6 is 0 Å². The zero-order chi connectivity index (χ0) is 19.7. The summed E-state index contributed by atoms with van der Waals surface area (Å²) in [7, 11) is 0. The molecule has 28 heavy (non-hydrogen) atoms. The fourth-order valence-corrected chi connectivity index (χ4v) is 3.92. The van der Waals surface area contributed by atoms with E-state index in [2.05, 4.69) is 5.32 Å². The van der Waals surface area contributed by atoms with Crippen LogP contribution in [0.4, 0.5) is 10.5 Å². The lowest BCUT2D eigenvalue weighted by atomic mass is 9.93. The van der Waals surface area contributed by atoms with Crippen molar-refractivity contribution in [2.45, 2.75) is 31.7 Å². The highest BCUT2D eigenvalue weighted by molar-refractivity contribution is 6.10. The molecule has 1 atom stereocenters. The monoisotopic (exact) mass is 377 g/mol. The Morgan fingerprint density at radius 2 is 1.79 bits per heavy atom. The topological polar surface area (TPSA) is 69.7 Å². The smallest absolute Gasteiger partial charge is 0.323 e. The molecule has 6 nitrogen and oxygen atoms in total. The highest BCUT2D eigenvalue weighted by Crippen LogP contribution is 2.28. The molecule has 4 amide bonds. The second kappa shape index (κ2) is 7.11. The molecule has 1 fully saturated rings. The lowest BCUT2D eigenvalue weighted by molar-refractivity contribution is -0.134. The molecule has 0 radical (unpaired) electrons. The minimum atomic E-state index is -0.990. The third-order valence-electron chi connectivity index (χ3n) is 5.58. The first-order chi connectivity index (χ1) is 13.5. The second-order valence-electron chi connectivity index (χ2n) is 7.56. The van der Waals surface area contributed by atoms with Gasteiger partial charge in [-0.3, -0.25) is 14.5 Å². The number of rotatable bonds is 5. The molecule has 2 aliphatic rings. The van der Waals surface area contributed by atoms with Gasteiger partial charge in [0.05, 0.1) is 0 Å². The van der Waals surface area contributed by atoms with Crippen molar-refractivity contribution in [1.82, 2.24) is 10.2 Å². The molecular weight excluding hydrogens is 354 g/mol. The number of aryl methyl sites for hydroxylation is 1. The first kappa shape index (κ1) is 18.2. The number of para-hydroxylation sites is 1. The maximum Gasteiger partial charge on any atom is 0.325 e. The number of benzene rings is 2. The van der Waals surface area contributed by atoms with Crippen molar-refractivity contribution < 1.29 is 14.4 Å². The van der Waals surface area contributed by atoms with E-state index in [1.807, 2.05) is 54.6 Å². The summed E-state index contributed by atoms with van der Waals surface area (Å²) in [6.07, 6.45) is 1.94.